The van der Waals surface area contributed by atoms with Gasteiger partial charge in [-0.1, -0.05) is 0 Å². The number of thiazole rings is 1. The van der Waals surface area contributed by atoms with Crippen LogP contribution in [0.15, 0.2) is 30.0 Å². The van der Waals surface area contributed by atoms with Crippen molar-refractivity contribution in [3.63, 3.8) is 0 Å². The van der Waals surface area contributed by atoms with Crippen LogP contribution in [0.3, 0.4) is 0 Å². The topological polar surface area (TPSA) is 40.7 Å². The van der Waals surface area contributed by atoms with Crippen LogP contribution in [-0.2, 0) is 0 Å². The van der Waals surface area contributed by atoms with Gasteiger partial charge in [0.1, 0.15) is 0 Å². The molecule has 2 heterocycles. The van der Waals surface area contributed by atoms with Crippen LogP contribution in [-0.4, -0.2) is 17.0 Å². The van der Waals surface area contributed by atoms with E-state index in [2.05, 4.69) is 21.4 Å². The van der Waals surface area contributed by atoms with E-state index in [0.29, 0.717) is 0 Å². The lowest BCUT2D eigenvalue weighted by atomic mass is 10.2. The molecule has 1 atom stereocenters. The van der Waals surface area contributed by atoms with Gasteiger partial charge in [-0.25, -0.2) is 0 Å². The zero-order valence-corrected chi connectivity index (χ0v) is 8.14. The van der Waals surface area contributed by atoms with Crippen LogP contribution in [0.4, 0.5) is 0 Å². The molecule has 2 rings (SSSR count). The lowest BCUT2D eigenvalue weighted by molar-refractivity contribution is 0.685. The van der Waals surface area contributed by atoms with E-state index in [-0.39, 0.29) is 6.04 Å². The molecule has 0 bridgehead atoms. The maximum absolute atomic E-state index is 4.07. The van der Waals surface area contributed by atoms with Gasteiger partial charge in [-0.05, 0) is 19.2 Å². The molecule has 0 aliphatic rings. The van der Waals surface area contributed by atoms with Gasteiger partial charge in [0.25, 0.3) is 0 Å². The Hall–Kier alpha value is -1.13. The van der Waals surface area contributed by atoms with Gasteiger partial charge in [-0.3, -0.25) is 4.98 Å². The van der Waals surface area contributed by atoms with E-state index in [4.69, 9.17) is 0 Å². The molecule has 2 aromatic rings. The number of nitrogens with zero attached hydrogens (tertiary/aromatic N) is 1. The highest BCUT2D eigenvalue weighted by Crippen LogP contribution is 2.22. The summed E-state index contributed by atoms with van der Waals surface area (Å²) in [7, 11) is 1.95. The average Bonchev–Trinajstić information content (AvgIpc) is 2.76. The van der Waals surface area contributed by atoms with E-state index in [1.165, 1.54) is 10.6 Å². The highest BCUT2D eigenvalue weighted by molar-refractivity contribution is 7.09. The predicted molar refractivity (Wildman–Crippen MR) is 53.8 cm³/mol. The minimum absolute atomic E-state index is 0.238. The molecular weight excluding hydrogens is 182 g/mol. The third-order valence-corrected chi connectivity index (χ3v) is 2.80. The normalized spacial score (nSPS) is 13.0. The summed E-state index contributed by atoms with van der Waals surface area (Å²) in [6, 6.07) is 4.31. The van der Waals surface area contributed by atoms with Gasteiger partial charge < -0.3 is 10.3 Å². The third kappa shape index (κ3) is 1.64. The molecule has 0 fully saturated rings. The van der Waals surface area contributed by atoms with Gasteiger partial charge in [0.2, 0.25) is 0 Å². The van der Waals surface area contributed by atoms with Crippen molar-refractivity contribution in [3.8, 4) is 0 Å². The monoisotopic (exact) mass is 193 g/mol. The minimum Gasteiger partial charge on any atom is -0.363 e. The van der Waals surface area contributed by atoms with Crippen molar-refractivity contribution in [2.75, 3.05) is 7.05 Å². The van der Waals surface area contributed by atoms with Crippen molar-refractivity contribution in [2.45, 2.75) is 6.04 Å². The summed E-state index contributed by atoms with van der Waals surface area (Å²) in [6.45, 7) is 0. The summed E-state index contributed by atoms with van der Waals surface area (Å²) in [5, 5.41) is 3.25. The van der Waals surface area contributed by atoms with Gasteiger partial charge >= 0.3 is 0 Å². The summed E-state index contributed by atoms with van der Waals surface area (Å²) >= 11 is 1.66. The molecule has 0 amide bonds. The Bertz CT molecular complexity index is 305. The lowest BCUT2D eigenvalue weighted by Crippen LogP contribution is -2.16. The standard InChI is InChI=1S/C9H11N3S/c1-10-9(7-3-2-4-12-7)8-5-11-6-13-8/h2-6,9-10,12H,1H3. The van der Waals surface area contributed by atoms with E-state index in [1.807, 2.05) is 31.0 Å². The quantitative estimate of drug-likeness (QED) is 0.780. The summed E-state index contributed by atoms with van der Waals surface area (Å²) in [5.41, 5.74) is 3.02. The van der Waals surface area contributed by atoms with Crippen LogP contribution in [0.5, 0.6) is 0 Å². The Labute approximate surface area is 80.8 Å². The Morgan fingerprint density at radius 3 is 3.08 bits per heavy atom. The number of nitrogens with one attached hydrogen (secondary N) is 2. The largest absolute Gasteiger partial charge is 0.363 e. The third-order valence-electron chi connectivity index (χ3n) is 1.96. The molecule has 3 nitrogen and oxygen atoms in total. The maximum Gasteiger partial charge on any atom is 0.0836 e. The first-order chi connectivity index (χ1) is 6.42. The van der Waals surface area contributed by atoms with Crippen LogP contribution in [0.2, 0.25) is 0 Å². The van der Waals surface area contributed by atoms with E-state index in [9.17, 15) is 0 Å². The zero-order chi connectivity index (χ0) is 9.10. The molecule has 1 unspecified atom stereocenters. The maximum atomic E-state index is 4.07. The molecule has 0 saturated carbocycles. The van der Waals surface area contributed by atoms with Crippen molar-refractivity contribution in [3.05, 3.63) is 40.6 Å². The molecular formula is C9H11N3S. The highest BCUT2D eigenvalue weighted by Gasteiger charge is 2.13. The molecule has 0 aliphatic carbocycles. The van der Waals surface area contributed by atoms with Crippen LogP contribution in [0.1, 0.15) is 16.6 Å². The van der Waals surface area contributed by atoms with Crippen molar-refractivity contribution < 1.29 is 0 Å². The van der Waals surface area contributed by atoms with E-state index >= 15 is 0 Å². The number of aromatic amines is 1. The molecule has 0 aliphatic heterocycles. The number of aromatic nitrogens is 2. The molecule has 0 radical (unpaired) electrons. The van der Waals surface area contributed by atoms with E-state index < -0.39 is 0 Å². The van der Waals surface area contributed by atoms with Gasteiger partial charge in [0.05, 0.1) is 11.6 Å². The van der Waals surface area contributed by atoms with Crippen molar-refractivity contribution in [1.82, 2.24) is 15.3 Å². The first-order valence-electron chi connectivity index (χ1n) is 4.10. The number of H-pyrrole nitrogens is 1. The average molecular weight is 193 g/mol. The molecule has 68 valence electrons. The molecule has 4 heteroatoms. The second-order valence-electron chi connectivity index (χ2n) is 2.75. The van der Waals surface area contributed by atoms with Crippen molar-refractivity contribution >= 4 is 11.3 Å². The summed E-state index contributed by atoms with van der Waals surface area (Å²) in [6.07, 6.45) is 3.83. The number of hydrogen-bond acceptors (Lipinski definition) is 3. The highest BCUT2D eigenvalue weighted by atomic mass is 32.1. The van der Waals surface area contributed by atoms with Gasteiger partial charge in [-0.2, -0.15) is 0 Å². The predicted octanol–water partition coefficient (Wildman–Crippen LogP) is 1.78. The fourth-order valence-electron chi connectivity index (χ4n) is 1.34. The second kappa shape index (κ2) is 3.72. The number of rotatable bonds is 3. The van der Waals surface area contributed by atoms with Gasteiger partial charge in [0.15, 0.2) is 0 Å². The molecule has 0 spiro atoms. The smallest absolute Gasteiger partial charge is 0.0836 e. The fourth-order valence-corrected chi connectivity index (χ4v) is 2.09. The summed E-state index contributed by atoms with van der Waals surface area (Å²) < 4.78 is 0. The van der Waals surface area contributed by atoms with Crippen molar-refractivity contribution in [1.29, 1.82) is 0 Å². The Kier molecular flexibility index (Phi) is 2.42. The van der Waals surface area contributed by atoms with Crippen LogP contribution in [0.25, 0.3) is 0 Å². The minimum atomic E-state index is 0.238. The number of hydrogen-bond donors (Lipinski definition) is 2. The molecule has 2 N–H and O–H groups in total. The lowest BCUT2D eigenvalue weighted by Gasteiger charge is -2.11. The van der Waals surface area contributed by atoms with Crippen molar-refractivity contribution in [2.24, 2.45) is 0 Å². The molecule has 2 aromatic heterocycles. The van der Waals surface area contributed by atoms with Crippen LogP contribution in [0, 0.1) is 0 Å². The second-order valence-corrected chi connectivity index (χ2v) is 3.67. The molecule has 0 saturated heterocycles. The summed E-state index contributed by atoms with van der Waals surface area (Å²) in [5.74, 6) is 0. The summed E-state index contributed by atoms with van der Waals surface area (Å²) in [4.78, 5) is 8.49. The van der Waals surface area contributed by atoms with Crippen LogP contribution >= 0.6 is 11.3 Å². The Balaban J connectivity index is 2.29. The Morgan fingerprint density at radius 2 is 2.54 bits per heavy atom. The first kappa shape index (κ1) is 8.47. The zero-order valence-electron chi connectivity index (χ0n) is 7.32. The van der Waals surface area contributed by atoms with Crippen LogP contribution < -0.4 is 5.32 Å². The van der Waals surface area contributed by atoms with Gasteiger partial charge in [-0.15, -0.1) is 11.3 Å². The fraction of sp³-hybridized carbons (Fsp3) is 0.222. The van der Waals surface area contributed by atoms with E-state index in [1.54, 1.807) is 11.3 Å². The molecule has 0 aromatic carbocycles. The van der Waals surface area contributed by atoms with E-state index in [0.717, 1.165) is 0 Å². The Morgan fingerprint density at radius 1 is 1.62 bits per heavy atom. The SMILES string of the molecule is CNC(c1ccc[nH]1)c1cncs1. The van der Waals surface area contributed by atoms with Gasteiger partial charge in [0, 0.05) is 23.0 Å². The molecule has 13 heavy (non-hydrogen) atoms. The first-order valence-corrected chi connectivity index (χ1v) is 4.98.